The number of ether oxygens (including phenoxy) is 3. The van der Waals surface area contributed by atoms with E-state index >= 15 is 0 Å². The molecule has 0 aliphatic heterocycles. The van der Waals surface area contributed by atoms with Crippen LogP contribution in [0.15, 0.2) is 72.8 Å². The number of anilines is 1. The average molecular weight is 559 g/mol. The molecule has 1 amide bonds. The van der Waals surface area contributed by atoms with Crippen LogP contribution in [0.25, 0.3) is 0 Å². The van der Waals surface area contributed by atoms with Crippen LogP contribution in [-0.4, -0.2) is 61.6 Å². The van der Waals surface area contributed by atoms with Gasteiger partial charge in [0.05, 0.1) is 18.8 Å². The molecule has 41 heavy (non-hydrogen) atoms. The number of hydrogen-bond acceptors (Lipinski definition) is 8. The van der Waals surface area contributed by atoms with Crippen molar-refractivity contribution in [2.75, 3.05) is 31.7 Å². The second-order valence-electron chi connectivity index (χ2n) is 10.5. The van der Waals surface area contributed by atoms with Gasteiger partial charge in [0.25, 0.3) is 0 Å². The van der Waals surface area contributed by atoms with E-state index in [1.54, 1.807) is 63.2 Å². The lowest BCUT2D eigenvalue weighted by atomic mass is 9.83. The Hall–Kier alpha value is -4.50. The number of carbonyl (C=O) groups is 4. The van der Waals surface area contributed by atoms with Gasteiger partial charge in [-0.1, -0.05) is 66.7 Å². The summed E-state index contributed by atoms with van der Waals surface area (Å²) in [5.74, 6) is -0.972. The van der Waals surface area contributed by atoms with Crippen LogP contribution >= 0.6 is 0 Å². The number of rotatable bonds is 11. The molecule has 1 aliphatic rings. The largest absolute Gasteiger partial charge is 0.462 e. The number of hydrogen-bond donors (Lipinski definition) is 2. The van der Waals surface area contributed by atoms with Gasteiger partial charge in [-0.2, -0.15) is 0 Å². The highest BCUT2D eigenvalue weighted by molar-refractivity contribution is 6.30. The number of carbonyl (C=O) groups excluding carboxylic acids is 4. The predicted molar refractivity (Wildman–Crippen MR) is 153 cm³/mol. The third kappa shape index (κ3) is 7.79. The van der Waals surface area contributed by atoms with Gasteiger partial charge in [0.2, 0.25) is 0 Å². The van der Waals surface area contributed by atoms with Gasteiger partial charge in [-0.3, -0.25) is 9.59 Å². The number of amides is 1. The Morgan fingerprint density at radius 3 is 2.15 bits per heavy atom. The molecule has 3 aromatic rings. The highest BCUT2D eigenvalue weighted by atomic mass is 16.6. The highest BCUT2D eigenvalue weighted by Gasteiger charge is 2.31. The standard InChI is InChI=1S/C32H34N2O7/c1-32(2,3)41-31(38)34-26(20-21-10-5-4-6-11-21)30(37)40-19-18-39-17-16-33-25-15-9-14-24-27(25)29(36)23-13-8-7-12-22(23)28(24)35/h4-15,26,33H,16-20H2,1-3H3,(H,34,38)/t26-/m1/s1. The first-order valence-electron chi connectivity index (χ1n) is 13.5. The fourth-order valence-electron chi connectivity index (χ4n) is 4.45. The molecule has 4 rings (SSSR count). The van der Waals surface area contributed by atoms with Crippen LogP contribution in [0.5, 0.6) is 0 Å². The Balaban J connectivity index is 1.25. The number of nitrogens with one attached hydrogen (secondary N) is 2. The van der Waals surface area contributed by atoms with Gasteiger partial charge in [0.1, 0.15) is 18.2 Å². The monoisotopic (exact) mass is 558 g/mol. The van der Waals surface area contributed by atoms with E-state index < -0.39 is 23.7 Å². The summed E-state index contributed by atoms with van der Waals surface area (Å²) in [6.07, 6.45) is -0.457. The van der Waals surface area contributed by atoms with Crippen molar-refractivity contribution in [2.24, 2.45) is 0 Å². The number of benzene rings is 3. The molecule has 1 atom stereocenters. The maximum atomic E-state index is 13.1. The quantitative estimate of drug-likeness (QED) is 0.203. The minimum Gasteiger partial charge on any atom is -0.462 e. The molecule has 1 aliphatic carbocycles. The molecule has 0 spiro atoms. The first kappa shape index (κ1) is 29.5. The SMILES string of the molecule is CC(C)(C)OC(=O)N[C@H](Cc1ccccc1)C(=O)OCCOCCNc1cccc2c1C(=O)c1ccccc1C2=O. The average Bonchev–Trinajstić information content (AvgIpc) is 2.94. The molecule has 0 fully saturated rings. The molecule has 0 saturated carbocycles. The van der Waals surface area contributed by atoms with Crippen molar-refractivity contribution in [3.8, 4) is 0 Å². The van der Waals surface area contributed by atoms with Crippen molar-refractivity contribution in [1.82, 2.24) is 5.32 Å². The summed E-state index contributed by atoms with van der Waals surface area (Å²) < 4.78 is 16.3. The van der Waals surface area contributed by atoms with Crippen LogP contribution in [0.3, 0.4) is 0 Å². The Morgan fingerprint density at radius 1 is 0.780 bits per heavy atom. The van der Waals surface area contributed by atoms with Gasteiger partial charge in [-0.15, -0.1) is 0 Å². The topological polar surface area (TPSA) is 120 Å². The maximum Gasteiger partial charge on any atom is 0.408 e. The van der Waals surface area contributed by atoms with Crippen molar-refractivity contribution >= 4 is 29.3 Å². The molecule has 3 aromatic carbocycles. The lowest BCUT2D eigenvalue weighted by Crippen LogP contribution is -2.45. The smallest absolute Gasteiger partial charge is 0.408 e. The van der Waals surface area contributed by atoms with Crippen LogP contribution in [0, 0.1) is 0 Å². The van der Waals surface area contributed by atoms with Crippen molar-refractivity contribution in [2.45, 2.75) is 38.8 Å². The lowest BCUT2D eigenvalue weighted by molar-refractivity contribution is -0.147. The molecule has 9 nitrogen and oxygen atoms in total. The number of ketones is 2. The highest BCUT2D eigenvalue weighted by Crippen LogP contribution is 2.31. The van der Waals surface area contributed by atoms with Crippen LogP contribution in [0.2, 0.25) is 0 Å². The van der Waals surface area contributed by atoms with E-state index in [4.69, 9.17) is 14.2 Å². The molecule has 2 N–H and O–H groups in total. The summed E-state index contributed by atoms with van der Waals surface area (Å²) >= 11 is 0. The van der Waals surface area contributed by atoms with Gasteiger partial charge < -0.3 is 24.8 Å². The normalized spacial score (nSPS) is 13.0. The molecule has 0 saturated heterocycles. The van der Waals surface area contributed by atoms with Gasteiger partial charge in [0, 0.05) is 35.3 Å². The summed E-state index contributed by atoms with van der Waals surface area (Å²) in [5, 5.41) is 5.77. The van der Waals surface area contributed by atoms with Gasteiger partial charge in [-0.25, -0.2) is 9.59 Å². The number of esters is 1. The molecule has 0 aromatic heterocycles. The molecule has 0 heterocycles. The van der Waals surface area contributed by atoms with Crippen LogP contribution in [-0.2, 0) is 25.4 Å². The maximum absolute atomic E-state index is 13.1. The minimum atomic E-state index is -0.927. The summed E-state index contributed by atoms with van der Waals surface area (Å²) in [6, 6.07) is 20.3. The Bertz CT molecular complexity index is 1410. The third-order valence-electron chi connectivity index (χ3n) is 6.24. The molecule has 9 heteroatoms. The zero-order chi connectivity index (χ0) is 29.4. The van der Waals surface area contributed by atoms with E-state index in [0.717, 1.165) is 5.56 Å². The fourth-order valence-corrected chi connectivity index (χ4v) is 4.45. The summed E-state index contributed by atoms with van der Waals surface area (Å²) in [6.45, 7) is 5.98. The van der Waals surface area contributed by atoms with Gasteiger partial charge in [0.15, 0.2) is 11.6 Å². The third-order valence-corrected chi connectivity index (χ3v) is 6.24. The van der Waals surface area contributed by atoms with Crippen LogP contribution < -0.4 is 10.6 Å². The molecular weight excluding hydrogens is 524 g/mol. The molecular formula is C32H34N2O7. The summed E-state index contributed by atoms with van der Waals surface area (Å²) in [4.78, 5) is 51.1. The fraction of sp³-hybridized carbons (Fsp3) is 0.312. The molecule has 0 bridgehead atoms. The van der Waals surface area contributed by atoms with E-state index in [9.17, 15) is 19.2 Å². The Labute approximate surface area is 239 Å². The molecule has 0 unspecified atom stereocenters. The Kier molecular flexibility index (Phi) is 9.52. The minimum absolute atomic E-state index is 0.00930. The summed E-state index contributed by atoms with van der Waals surface area (Å²) in [5.41, 5.74) is 2.24. The predicted octanol–water partition coefficient (Wildman–Crippen LogP) is 4.57. The van der Waals surface area contributed by atoms with E-state index in [2.05, 4.69) is 10.6 Å². The van der Waals surface area contributed by atoms with Crippen molar-refractivity contribution in [3.63, 3.8) is 0 Å². The van der Waals surface area contributed by atoms with Gasteiger partial charge >= 0.3 is 12.1 Å². The van der Waals surface area contributed by atoms with E-state index in [1.165, 1.54) is 0 Å². The summed E-state index contributed by atoms with van der Waals surface area (Å²) in [7, 11) is 0. The van der Waals surface area contributed by atoms with Crippen molar-refractivity contribution in [1.29, 1.82) is 0 Å². The number of fused-ring (bicyclic) bond motifs is 2. The van der Waals surface area contributed by atoms with E-state index in [-0.39, 0.29) is 37.8 Å². The second kappa shape index (κ2) is 13.2. The second-order valence-corrected chi connectivity index (χ2v) is 10.5. The van der Waals surface area contributed by atoms with Crippen molar-refractivity contribution in [3.05, 3.63) is 101 Å². The van der Waals surface area contributed by atoms with E-state index in [0.29, 0.717) is 34.5 Å². The van der Waals surface area contributed by atoms with Crippen molar-refractivity contribution < 1.29 is 33.4 Å². The first-order valence-corrected chi connectivity index (χ1v) is 13.5. The molecule has 0 radical (unpaired) electrons. The van der Waals surface area contributed by atoms with E-state index in [1.807, 2.05) is 30.3 Å². The Morgan fingerprint density at radius 2 is 1.44 bits per heavy atom. The van der Waals surface area contributed by atoms with Crippen LogP contribution in [0.4, 0.5) is 10.5 Å². The zero-order valence-electron chi connectivity index (χ0n) is 23.4. The number of alkyl carbamates (subject to hydrolysis) is 1. The van der Waals surface area contributed by atoms with Gasteiger partial charge in [-0.05, 0) is 32.4 Å². The molecule has 214 valence electrons. The first-order chi connectivity index (χ1) is 19.6. The van der Waals surface area contributed by atoms with Crippen LogP contribution in [0.1, 0.15) is 58.2 Å². The lowest BCUT2D eigenvalue weighted by Gasteiger charge is -2.23. The zero-order valence-corrected chi connectivity index (χ0v) is 23.4.